The van der Waals surface area contributed by atoms with Crippen molar-refractivity contribution in [3.8, 4) is 5.75 Å². The number of hydrogen-bond donors (Lipinski definition) is 11. The zero-order valence-electron chi connectivity index (χ0n) is 53.1. The monoisotopic (exact) mass is 1870 g/mol. The van der Waals surface area contributed by atoms with Gasteiger partial charge in [-0.25, -0.2) is 33.6 Å². The molecule has 45 heteroatoms. The van der Waals surface area contributed by atoms with E-state index < -0.39 is 72.0 Å². The van der Waals surface area contributed by atoms with Gasteiger partial charge in [-0.1, -0.05) is 36.2 Å². The van der Waals surface area contributed by atoms with Gasteiger partial charge in [-0.3, -0.25) is 9.59 Å². The molecule has 11 N–H and O–H groups in total. The van der Waals surface area contributed by atoms with Gasteiger partial charge >= 0.3 is 293 Å². The summed E-state index contributed by atoms with van der Waals surface area (Å²) in [6, 6.07) is 8.33. The summed E-state index contributed by atoms with van der Waals surface area (Å²) in [4.78, 5) is 149. The Balaban J connectivity index is -0.000000279. The molecular weight excluding hydrogens is 1800 g/mol. The van der Waals surface area contributed by atoms with E-state index in [1.54, 1.807) is 48.5 Å². The number of benzene rings is 2. The number of nitrogens with zero attached hydrogens (tertiary/aromatic N) is 3. The van der Waals surface area contributed by atoms with E-state index in [1.807, 2.05) is 0 Å². The Labute approximate surface area is 663 Å². The number of rotatable bonds is 38. The van der Waals surface area contributed by atoms with E-state index in [-0.39, 0.29) is 57.1 Å². The van der Waals surface area contributed by atoms with Crippen LogP contribution in [0.4, 0.5) is 14.4 Å². The Morgan fingerprint density at radius 2 is 0.820 bits per heavy atom. The van der Waals surface area contributed by atoms with E-state index in [9.17, 15) is 43.2 Å². The number of aliphatic carboxylic acids is 5. The first-order valence-electron chi connectivity index (χ1n) is 28.4. The molecule has 2 aromatic rings. The molecule has 0 aromatic heterocycles. The van der Waals surface area contributed by atoms with Crippen LogP contribution in [0.15, 0.2) is 64.0 Å². The van der Waals surface area contributed by atoms with Crippen LogP contribution >= 0.6 is 24.8 Å². The van der Waals surface area contributed by atoms with E-state index in [4.69, 9.17) is 147 Å². The van der Waals surface area contributed by atoms with Gasteiger partial charge in [0.25, 0.3) is 0 Å². The molecule has 0 bridgehead atoms. The maximum absolute atomic E-state index is 12.2. The zero-order valence-corrected chi connectivity index (χ0v) is 68.5. The minimum absolute atomic E-state index is 0.154. The van der Waals surface area contributed by atoms with Crippen LogP contribution in [0.3, 0.4) is 0 Å². The van der Waals surface area contributed by atoms with E-state index in [0.29, 0.717) is 98.0 Å². The van der Waals surface area contributed by atoms with Crippen LogP contribution in [0.5, 0.6) is 5.75 Å². The van der Waals surface area contributed by atoms with Gasteiger partial charge in [-0.2, -0.15) is 51.1 Å². The van der Waals surface area contributed by atoms with Crippen molar-refractivity contribution in [1.82, 2.24) is 31.9 Å². The number of urea groups is 3. The van der Waals surface area contributed by atoms with Crippen LogP contribution in [-0.2, 0) is 230 Å². The molecule has 0 spiro atoms. The minimum atomic E-state index is -1.30. The molecule has 6 amide bonds. The quantitative estimate of drug-likeness (QED) is 0.0199. The molecule has 0 saturated heterocycles. The summed E-state index contributed by atoms with van der Waals surface area (Å²) in [5, 5.41) is 68.9. The molecule has 0 unspecified atom stereocenters. The summed E-state index contributed by atoms with van der Waals surface area (Å²) in [6.07, 6.45) is 1.46. The van der Waals surface area contributed by atoms with E-state index in [2.05, 4.69) is 124 Å². The number of esters is 1. The third kappa shape index (κ3) is 74.3. The fraction of sp³-hybridized carbons (Fsp3) is 0.545. The molecule has 0 radical (unpaired) electrons. The van der Waals surface area contributed by atoms with Crippen LogP contribution < -0.4 is 36.6 Å². The van der Waals surface area contributed by atoms with E-state index >= 15 is 0 Å². The number of amides is 6. The van der Waals surface area contributed by atoms with Crippen LogP contribution in [0.2, 0.25) is 0 Å². The van der Waals surface area contributed by atoms with Gasteiger partial charge in [-0.05, 0) is 73.7 Å². The molecule has 0 fully saturated rings. The van der Waals surface area contributed by atoms with Gasteiger partial charge in [0.05, 0.1) is 11.3 Å². The standard InChI is InChI=1S/C22H24N2O7S.C9H15N5O3S.C9H16N2O5S.3C4H10S3.3CO2.3Tc/c25-19(26)10-9-18(20(27)28)24-22(30)23-12-11-14-3-7-17(8-4-14)31-21(29)16-5-1-15(13-32)2-6-16;15-8(16)7(12-9(17)10-3-4-18)2-1-6-5-11-14-13-6;12-7(13)3-2-6(8(14)15)11-9(16)10-4-1-5-17;3*5-1-3-7-4-2-6;3*2-1-3;;;/h1-8,18,32H,9-13H2,(H,25,26)(H,27,28)(H2,23,24,30);7,18H,1-5H2,(H,15,16)(H2,10,12,17);6,17H,1-5H2,(H,12,13)(H,14,15)(H2,10,11,16);3*5-6H,1-4H2;;;;;;/q;;;;;;;;;3*+3/p-9/t18-;7-;6-;;;;;;;;;/m000........./s1. The van der Waals surface area contributed by atoms with Crippen molar-refractivity contribution in [3.05, 3.63) is 65.2 Å². The summed E-state index contributed by atoms with van der Waals surface area (Å²) in [5.41, 5.74) is 2.94. The molecule has 2 aromatic carbocycles. The molecule has 1 aliphatic heterocycles. The molecule has 30 nitrogen and oxygen atoms in total. The van der Waals surface area contributed by atoms with E-state index in [0.717, 1.165) is 45.6 Å². The summed E-state index contributed by atoms with van der Waals surface area (Å²) >= 11 is 50.5. The van der Waals surface area contributed by atoms with Gasteiger partial charge in [-0.15, -0.1) is 5.10 Å². The first kappa shape index (κ1) is 108. The summed E-state index contributed by atoms with van der Waals surface area (Å²) in [5.74, 6) is 7.73. The maximum atomic E-state index is 12.2. The van der Waals surface area contributed by atoms with Gasteiger partial charge < -0.3 is 100 Å². The fourth-order valence-electron chi connectivity index (χ4n) is 5.85. The second kappa shape index (κ2) is 78.2. The van der Waals surface area contributed by atoms with Crippen molar-refractivity contribution in [2.75, 3.05) is 107 Å². The van der Waals surface area contributed by atoms with Crippen molar-refractivity contribution in [1.29, 1.82) is 0 Å². The fourth-order valence-corrected chi connectivity index (χ4v) is 19.6. The Hall–Kier alpha value is -3.37. The third-order valence-corrected chi connectivity index (χ3v) is 24.7. The molecule has 3 atom stereocenters. The normalized spacial score (nSPS) is 11.0. The van der Waals surface area contributed by atoms with E-state index in [1.165, 1.54) is 34.5 Å². The molecular formula is C55H76N9O21S12Tc3. The first-order valence-corrected chi connectivity index (χ1v) is 44.8. The predicted octanol–water partition coefficient (Wildman–Crippen LogP) is 2.22. The number of carboxylic acids is 5. The van der Waals surface area contributed by atoms with Crippen molar-refractivity contribution >= 4 is 217 Å². The Morgan fingerprint density at radius 3 is 1.13 bits per heavy atom. The van der Waals surface area contributed by atoms with Crippen LogP contribution in [0.25, 0.3) is 0 Å². The topological polar surface area (TPSA) is 476 Å². The molecule has 0 aliphatic carbocycles. The van der Waals surface area contributed by atoms with Gasteiger partial charge in [0.1, 0.15) is 30.4 Å². The van der Waals surface area contributed by atoms with Gasteiger partial charge in [0.15, 0.2) is 0 Å². The van der Waals surface area contributed by atoms with Crippen LogP contribution in [0.1, 0.15) is 66.4 Å². The van der Waals surface area contributed by atoms with Crippen molar-refractivity contribution in [2.45, 2.75) is 75.2 Å². The third-order valence-electron chi connectivity index (χ3n) is 10.3. The summed E-state index contributed by atoms with van der Waals surface area (Å²) in [6.45, 7) is 1.32. The van der Waals surface area contributed by atoms with Gasteiger partial charge in [0.2, 0.25) is 0 Å². The number of ether oxygens (including phenoxy) is 1. The van der Waals surface area contributed by atoms with Crippen LogP contribution in [0, 0.1) is 0 Å². The molecule has 1 heterocycles. The Bertz CT molecular complexity index is 2790. The Kier molecular flexibility index (Phi) is 84.2. The molecule has 3 rings (SSSR count). The molecule has 100 heavy (non-hydrogen) atoms. The average molecular weight is 1880 g/mol. The molecule has 0 saturated carbocycles. The van der Waals surface area contributed by atoms with Crippen molar-refractivity contribution in [3.63, 3.8) is 0 Å². The molecule has 1 aliphatic rings. The number of carbonyl (C=O) groups is 9. The van der Waals surface area contributed by atoms with Gasteiger partial charge in [0, 0.05) is 25.9 Å². The predicted molar refractivity (Wildman–Crippen MR) is 386 cm³/mol. The zero-order chi connectivity index (χ0) is 77.5. The summed E-state index contributed by atoms with van der Waals surface area (Å²) in [7, 11) is 1.47. The summed E-state index contributed by atoms with van der Waals surface area (Å²) < 4.78 is 5.34. The second-order valence-electron chi connectivity index (χ2n) is 17.7. The number of hydrogen-bond acceptors (Lipinski definition) is 28. The number of carbonyl (C=O) groups excluding carboxylic acids is 10. The average Bonchev–Trinajstić information content (AvgIpc) is 1.02. The number of nitrogens with one attached hydrogen (secondary N) is 6. The second-order valence-corrected chi connectivity index (χ2v) is 35.9. The SMILES string of the molecule is O=C(NCC[S-])N[C@@H](CCC1=NN=NC1)C(=O)O.O=C(O)CC[C@H](NC(=O)NCCC[S-])C(=O)O.O=C(O)CC[C@H](NC(=O)NCCc1ccc(OC(=O)c2ccc(C[S-])cc2)cc1)C(=O)O.O=C=O.O=C=O.O=C=O.[S-]CC[S](=[Tc+3])CC[S-].[S-]CC[S](=[Tc+3])CC[S-].[S-]CC[S](=[Tc+3])CC[S-]. The molecule has 560 valence electrons. The van der Waals surface area contributed by atoms with Crippen molar-refractivity contribution in [2.24, 2.45) is 15.4 Å². The number of carboxylic acid groups (broad SMARTS) is 5. The Morgan fingerprint density at radius 1 is 0.470 bits per heavy atom. The van der Waals surface area contributed by atoms with Crippen LogP contribution in [-0.4, -0.2) is 228 Å². The first-order chi connectivity index (χ1) is 47.5. The van der Waals surface area contributed by atoms with Crippen molar-refractivity contribution < 1.29 is 154 Å².